The molecular formula is C17H20N2O2. The Hall–Kier alpha value is -2.10. The van der Waals surface area contributed by atoms with Crippen molar-refractivity contribution >= 4 is 5.97 Å². The fourth-order valence-electron chi connectivity index (χ4n) is 3.26. The summed E-state index contributed by atoms with van der Waals surface area (Å²) in [6, 6.07) is 9.88. The van der Waals surface area contributed by atoms with Gasteiger partial charge in [-0.1, -0.05) is 31.0 Å². The lowest BCUT2D eigenvalue weighted by Crippen LogP contribution is -2.23. The Morgan fingerprint density at radius 3 is 2.67 bits per heavy atom. The third-order valence-corrected chi connectivity index (χ3v) is 4.40. The summed E-state index contributed by atoms with van der Waals surface area (Å²) in [7, 11) is 0. The summed E-state index contributed by atoms with van der Waals surface area (Å²) < 4.78 is 1.81. The van der Waals surface area contributed by atoms with E-state index >= 15 is 0 Å². The highest BCUT2D eigenvalue weighted by Gasteiger charge is 2.30. The van der Waals surface area contributed by atoms with Crippen molar-refractivity contribution in [2.75, 3.05) is 0 Å². The number of carbonyl (C=O) groups is 1. The van der Waals surface area contributed by atoms with Gasteiger partial charge >= 0.3 is 5.97 Å². The Kier molecular flexibility index (Phi) is 4.04. The molecule has 1 saturated carbocycles. The molecule has 1 unspecified atom stereocenters. The molecular weight excluding hydrogens is 264 g/mol. The van der Waals surface area contributed by atoms with Crippen LogP contribution < -0.4 is 0 Å². The Bertz CT molecular complexity index is 600. The normalized spacial score (nSPS) is 17.0. The second kappa shape index (κ2) is 6.12. The van der Waals surface area contributed by atoms with E-state index in [0.29, 0.717) is 12.3 Å². The van der Waals surface area contributed by atoms with Gasteiger partial charge in [0.15, 0.2) is 0 Å². The molecule has 1 aromatic heterocycles. The number of carboxylic acids is 1. The largest absolute Gasteiger partial charge is 0.481 e. The molecule has 4 nitrogen and oxygen atoms in total. The third-order valence-electron chi connectivity index (χ3n) is 4.40. The molecule has 0 amide bonds. The first-order valence-corrected chi connectivity index (χ1v) is 7.56. The molecule has 4 heteroatoms. The predicted octanol–water partition coefficient (Wildman–Crippen LogP) is 3.31. The highest BCUT2D eigenvalue weighted by atomic mass is 16.4. The maximum absolute atomic E-state index is 11.5. The number of aliphatic carboxylic acids is 1. The fraction of sp³-hybridized carbons (Fsp3) is 0.412. The molecule has 0 saturated heterocycles. The van der Waals surface area contributed by atoms with Crippen LogP contribution in [0.2, 0.25) is 0 Å². The zero-order chi connectivity index (χ0) is 14.7. The van der Waals surface area contributed by atoms with Gasteiger partial charge in [-0.2, -0.15) is 5.10 Å². The maximum atomic E-state index is 11.5. The van der Waals surface area contributed by atoms with Crippen LogP contribution in [-0.4, -0.2) is 20.9 Å². The van der Waals surface area contributed by atoms with Crippen LogP contribution in [0.15, 0.2) is 42.7 Å². The number of rotatable bonds is 5. The van der Waals surface area contributed by atoms with E-state index < -0.39 is 5.97 Å². The summed E-state index contributed by atoms with van der Waals surface area (Å²) >= 11 is 0. The molecule has 1 aromatic carbocycles. The monoisotopic (exact) mass is 284 g/mol. The van der Waals surface area contributed by atoms with Crippen molar-refractivity contribution in [1.82, 2.24) is 9.78 Å². The Morgan fingerprint density at radius 2 is 2.00 bits per heavy atom. The van der Waals surface area contributed by atoms with E-state index in [1.165, 1.54) is 0 Å². The zero-order valence-corrected chi connectivity index (χ0v) is 12.0. The van der Waals surface area contributed by atoms with Gasteiger partial charge in [0.1, 0.15) is 0 Å². The van der Waals surface area contributed by atoms with E-state index in [1.807, 2.05) is 41.2 Å². The van der Waals surface area contributed by atoms with Crippen LogP contribution in [-0.2, 0) is 11.2 Å². The van der Waals surface area contributed by atoms with Crippen molar-refractivity contribution in [3.8, 4) is 5.69 Å². The Labute approximate surface area is 124 Å². The van der Waals surface area contributed by atoms with Gasteiger partial charge < -0.3 is 5.11 Å². The van der Waals surface area contributed by atoms with Gasteiger partial charge in [-0.15, -0.1) is 0 Å². The van der Waals surface area contributed by atoms with Crippen molar-refractivity contribution in [2.45, 2.75) is 32.1 Å². The molecule has 0 aliphatic heterocycles. The summed E-state index contributed by atoms with van der Waals surface area (Å²) in [6.07, 6.45) is 8.73. The molecule has 1 fully saturated rings. The topological polar surface area (TPSA) is 55.1 Å². The van der Waals surface area contributed by atoms with Crippen LogP contribution in [0.5, 0.6) is 0 Å². The van der Waals surface area contributed by atoms with Gasteiger partial charge in [-0.05, 0) is 42.9 Å². The lowest BCUT2D eigenvalue weighted by molar-refractivity contribution is -0.143. The fourth-order valence-corrected chi connectivity index (χ4v) is 3.26. The minimum atomic E-state index is -0.672. The number of nitrogens with zero attached hydrogens (tertiary/aromatic N) is 2. The average Bonchev–Trinajstić information content (AvgIpc) is 3.17. The number of hydrogen-bond donors (Lipinski definition) is 1. The lowest BCUT2D eigenvalue weighted by atomic mass is 9.86. The van der Waals surface area contributed by atoms with Crippen LogP contribution in [0, 0.1) is 11.8 Å². The second-order valence-corrected chi connectivity index (χ2v) is 5.82. The molecule has 110 valence electrons. The average molecular weight is 284 g/mol. The molecule has 0 spiro atoms. The number of para-hydroxylation sites is 1. The van der Waals surface area contributed by atoms with E-state index in [2.05, 4.69) is 5.10 Å². The number of hydrogen-bond acceptors (Lipinski definition) is 2. The van der Waals surface area contributed by atoms with Crippen LogP contribution in [0.3, 0.4) is 0 Å². The molecule has 1 N–H and O–H groups in total. The molecule has 3 rings (SSSR count). The third kappa shape index (κ3) is 3.15. The van der Waals surface area contributed by atoms with Crippen LogP contribution in [0.1, 0.15) is 31.2 Å². The van der Waals surface area contributed by atoms with E-state index in [-0.39, 0.29) is 5.92 Å². The Morgan fingerprint density at radius 1 is 1.29 bits per heavy atom. The van der Waals surface area contributed by atoms with Gasteiger partial charge in [-0.3, -0.25) is 4.79 Å². The van der Waals surface area contributed by atoms with Crippen molar-refractivity contribution in [3.63, 3.8) is 0 Å². The zero-order valence-electron chi connectivity index (χ0n) is 12.0. The van der Waals surface area contributed by atoms with Crippen molar-refractivity contribution < 1.29 is 9.90 Å². The van der Waals surface area contributed by atoms with Crippen LogP contribution in [0.25, 0.3) is 5.69 Å². The molecule has 0 radical (unpaired) electrons. The smallest absolute Gasteiger partial charge is 0.307 e. The first-order valence-electron chi connectivity index (χ1n) is 7.56. The molecule has 1 atom stereocenters. The van der Waals surface area contributed by atoms with Gasteiger partial charge in [0, 0.05) is 6.20 Å². The molecule has 1 heterocycles. The molecule has 1 aliphatic carbocycles. The van der Waals surface area contributed by atoms with E-state index in [9.17, 15) is 9.90 Å². The first kappa shape index (κ1) is 13.9. The quantitative estimate of drug-likeness (QED) is 0.916. The summed E-state index contributed by atoms with van der Waals surface area (Å²) in [5, 5.41) is 13.8. The van der Waals surface area contributed by atoms with Crippen molar-refractivity contribution in [3.05, 3.63) is 48.3 Å². The Balaban J connectivity index is 1.75. The molecule has 1 aliphatic rings. The molecule has 21 heavy (non-hydrogen) atoms. The van der Waals surface area contributed by atoms with Crippen LogP contribution >= 0.6 is 0 Å². The molecule has 0 bridgehead atoms. The number of aromatic nitrogens is 2. The second-order valence-electron chi connectivity index (χ2n) is 5.82. The standard InChI is InChI=1S/C17H20N2O2/c20-17(21)16(14-6-4-5-7-14)10-13-11-18-19(12-13)15-8-2-1-3-9-15/h1-3,8-9,11-12,14,16H,4-7,10H2,(H,20,21). The first-order chi connectivity index (χ1) is 10.2. The predicted molar refractivity (Wildman–Crippen MR) is 80.4 cm³/mol. The number of benzene rings is 1. The highest BCUT2D eigenvalue weighted by molar-refractivity contribution is 5.70. The van der Waals surface area contributed by atoms with Gasteiger partial charge in [0.2, 0.25) is 0 Å². The van der Waals surface area contributed by atoms with Crippen molar-refractivity contribution in [2.24, 2.45) is 11.8 Å². The summed E-state index contributed by atoms with van der Waals surface area (Å²) in [5.74, 6) is -0.627. The maximum Gasteiger partial charge on any atom is 0.307 e. The van der Waals surface area contributed by atoms with Gasteiger partial charge in [-0.25, -0.2) is 4.68 Å². The van der Waals surface area contributed by atoms with Gasteiger partial charge in [0.05, 0.1) is 17.8 Å². The van der Waals surface area contributed by atoms with Crippen molar-refractivity contribution in [1.29, 1.82) is 0 Å². The van der Waals surface area contributed by atoms with E-state index in [0.717, 1.165) is 36.9 Å². The minimum Gasteiger partial charge on any atom is -0.481 e. The summed E-state index contributed by atoms with van der Waals surface area (Å²) in [4.78, 5) is 11.5. The SMILES string of the molecule is O=C(O)C(Cc1cnn(-c2ccccc2)c1)C1CCCC1. The summed E-state index contributed by atoms with van der Waals surface area (Å²) in [6.45, 7) is 0. The van der Waals surface area contributed by atoms with E-state index in [1.54, 1.807) is 6.20 Å². The van der Waals surface area contributed by atoms with E-state index in [4.69, 9.17) is 0 Å². The molecule has 2 aromatic rings. The van der Waals surface area contributed by atoms with Crippen LogP contribution in [0.4, 0.5) is 0 Å². The highest BCUT2D eigenvalue weighted by Crippen LogP contribution is 2.33. The lowest BCUT2D eigenvalue weighted by Gasteiger charge is -2.18. The number of carboxylic acid groups (broad SMARTS) is 1. The summed E-state index contributed by atoms with van der Waals surface area (Å²) in [5.41, 5.74) is 2.00. The van der Waals surface area contributed by atoms with Gasteiger partial charge in [0.25, 0.3) is 0 Å². The minimum absolute atomic E-state index is 0.277.